The third-order valence-electron chi connectivity index (χ3n) is 7.42. The van der Waals surface area contributed by atoms with Crippen LogP contribution in [-0.2, 0) is 28.2 Å². The monoisotopic (exact) mass is 520 g/mol. The van der Waals surface area contributed by atoms with Gasteiger partial charge in [0, 0.05) is 5.57 Å². The van der Waals surface area contributed by atoms with Crippen LogP contribution in [0.5, 0.6) is 5.75 Å². The Bertz CT molecular complexity index is 1360. The maximum atomic E-state index is 13.6. The molecular formula is C36H40O3. The van der Waals surface area contributed by atoms with Crippen molar-refractivity contribution < 1.29 is 14.3 Å². The summed E-state index contributed by atoms with van der Waals surface area (Å²) in [6, 6.07) is 24.8. The van der Waals surface area contributed by atoms with E-state index in [1.807, 2.05) is 44.2 Å². The Morgan fingerprint density at radius 1 is 0.974 bits per heavy atom. The van der Waals surface area contributed by atoms with Crippen LogP contribution in [0.2, 0.25) is 0 Å². The highest BCUT2D eigenvalue weighted by molar-refractivity contribution is 6.27. The van der Waals surface area contributed by atoms with Crippen LogP contribution in [0.15, 0.2) is 96.6 Å². The van der Waals surface area contributed by atoms with Crippen molar-refractivity contribution in [1.82, 2.24) is 0 Å². The average molecular weight is 521 g/mol. The van der Waals surface area contributed by atoms with Gasteiger partial charge in [-0.1, -0.05) is 97.8 Å². The van der Waals surface area contributed by atoms with Crippen LogP contribution in [0.1, 0.15) is 74.3 Å². The smallest absolute Gasteiger partial charge is 0.186 e. The summed E-state index contributed by atoms with van der Waals surface area (Å²) in [6.45, 7) is 6.86. The summed E-state index contributed by atoms with van der Waals surface area (Å²) in [5.41, 5.74) is 7.16. The number of ketones is 1. The Morgan fingerprint density at radius 2 is 1.74 bits per heavy atom. The third-order valence-corrected chi connectivity index (χ3v) is 7.42. The summed E-state index contributed by atoms with van der Waals surface area (Å²) in [7, 11) is 1.66. The lowest BCUT2D eigenvalue weighted by molar-refractivity contribution is -0.109. The molecule has 3 nitrogen and oxygen atoms in total. The van der Waals surface area contributed by atoms with Crippen molar-refractivity contribution >= 4 is 17.4 Å². The number of methoxy groups -OCH3 is 1. The van der Waals surface area contributed by atoms with E-state index in [9.17, 15) is 4.79 Å². The number of allylic oxidation sites excluding steroid dienone is 5. The molecule has 0 radical (unpaired) electrons. The average Bonchev–Trinajstić information content (AvgIpc) is 3.31. The van der Waals surface area contributed by atoms with Gasteiger partial charge in [0.1, 0.15) is 5.75 Å². The molecule has 1 aliphatic heterocycles. The van der Waals surface area contributed by atoms with E-state index in [2.05, 4.69) is 67.6 Å². The minimum Gasteiger partial charge on any atom is -0.497 e. The summed E-state index contributed by atoms with van der Waals surface area (Å²) < 4.78 is 11.9. The molecule has 202 valence electrons. The molecule has 1 heterocycles. The van der Waals surface area contributed by atoms with Gasteiger partial charge in [-0.3, -0.25) is 4.79 Å². The summed E-state index contributed by atoms with van der Waals surface area (Å²) in [5, 5.41) is 0. The molecule has 0 aliphatic carbocycles. The van der Waals surface area contributed by atoms with Gasteiger partial charge in [0.05, 0.1) is 19.3 Å². The molecule has 0 spiro atoms. The molecular weight excluding hydrogens is 480 g/mol. The SMILES string of the molecule is CCCC1(CC/C=C\C(=O)C(=C(C)C)c2cc(OC)ccc2/C=C\Cc2ccccc2)OCc2ccccc21. The molecule has 0 N–H and O–H groups in total. The van der Waals surface area contributed by atoms with Crippen molar-refractivity contribution in [2.75, 3.05) is 7.11 Å². The lowest BCUT2D eigenvalue weighted by Gasteiger charge is -2.29. The second-order valence-electron chi connectivity index (χ2n) is 10.4. The van der Waals surface area contributed by atoms with Gasteiger partial charge in [-0.25, -0.2) is 0 Å². The minimum atomic E-state index is -0.262. The van der Waals surface area contributed by atoms with Crippen LogP contribution in [0, 0.1) is 0 Å². The quantitative estimate of drug-likeness (QED) is 0.224. The normalized spacial score (nSPS) is 16.5. The molecule has 4 rings (SSSR count). The van der Waals surface area contributed by atoms with Gasteiger partial charge >= 0.3 is 0 Å². The fourth-order valence-electron chi connectivity index (χ4n) is 5.53. The van der Waals surface area contributed by atoms with E-state index in [0.717, 1.165) is 60.1 Å². The summed E-state index contributed by atoms with van der Waals surface area (Å²) in [4.78, 5) is 13.6. The fourth-order valence-corrected chi connectivity index (χ4v) is 5.53. The van der Waals surface area contributed by atoms with Gasteiger partial charge in [-0.2, -0.15) is 0 Å². The van der Waals surface area contributed by atoms with Crippen molar-refractivity contribution in [1.29, 1.82) is 0 Å². The topological polar surface area (TPSA) is 35.5 Å². The Balaban J connectivity index is 1.52. The zero-order valence-corrected chi connectivity index (χ0v) is 23.7. The number of hydrogen-bond acceptors (Lipinski definition) is 3. The van der Waals surface area contributed by atoms with E-state index in [1.54, 1.807) is 13.2 Å². The van der Waals surface area contributed by atoms with Crippen LogP contribution in [0.4, 0.5) is 0 Å². The lowest BCUT2D eigenvalue weighted by Crippen LogP contribution is -2.24. The zero-order valence-electron chi connectivity index (χ0n) is 23.7. The van der Waals surface area contributed by atoms with Gasteiger partial charge in [0.25, 0.3) is 0 Å². The number of ether oxygens (including phenoxy) is 2. The highest BCUT2D eigenvalue weighted by Crippen LogP contribution is 2.43. The molecule has 3 aromatic rings. The minimum absolute atomic E-state index is 0.0123. The van der Waals surface area contributed by atoms with E-state index in [4.69, 9.17) is 9.47 Å². The zero-order chi connectivity index (χ0) is 27.7. The van der Waals surface area contributed by atoms with Crippen LogP contribution in [-0.4, -0.2) is 12.9 Å². The number of rotatable bonds is 12. The second-order valence-corrected chi connectivity index (χ2v) is 10.4. The van der Waals surface area contributed by atoms with Crippen molar-refractivity contribution in [2.45, 2.75) is 65.1 Å². The van der Waals surface area contributed by atoms with Crippen molar-refractivity contribution in [3.63, 3.8) is 0 Å². The van der Waals surface area contributed by atoms with Crippen LogP contribution >= 0.6 is 0 Å². The van der Waals surface area contributed by atoms with Gasteiger partial charge in [-0.05, 0) is 85.6 Å². The molecule has 1 unspecified atom stereocenters. The number of hydrogen-bond donors (Lipinski definition) is 0. The van der Waals surface area contributed by atoms with E-state index >= 15 is 0 Å². The maximum absolute atomic E-state index is 13.6. The third kappa shape index (κ3) is 6.85. The van der Waals surface area contributed by atoms with Crippen LogP contribution in [0.3, 0.4) is 0 Å². The Kier molecular flexibility index (Phi) is 9.73. The molecule has 0 fully saturated rings. The van der Waals surface area contributed by atoms with Crippen molar-refractivity contribution in [3.8, 4) is 5.75 Å². The molecule has 3 heteroatoms. The predicted octanol–water partition coefficient (Wildman–Crippen LogP) is 8.88. The molecule has 0 saturated carbocycles. The molecule has 0 saturated heterocycles. The molecule has 3 aromatic carbocycles. The lowest BCUT2D eigenvalue weighted by atomic mass is 9.84. The predicted molar refractivity (Wildman–Crippen MR) is 162 cm³/mol. The van der Waals surface area contributed by atoms with E-state index < -0.39 is 0 Å². The number of benzene rings is 3. The van der Waals surface area contributed by atoms with E-state index in [1.165, 1.54) is 16.7 Å². The number of fused-ring (bicyclic) bond motifs is 1. The van der Waals surface area contributed by atoms with Gasteiger partial charge < -0.3 is 9.47 Å². The summed E-state index contributed by atoms with van der Waals surface area (Å²) in [5.74, 6) is 0.748. The molecule has 39 heavy (non-hydrogen) atoms. The largest absolute Gasteiger partial charge is 0.497 e. The second kappa shape index (κ2) is 13.4. The maximum Gasteiger partial charge on any atom is 0.186 e. The van der Waals surface area contributed by atoms with E-state index in [0.29, 0.717) is 6.61 Å². The molecule has 1 aliphatic rings. The van der Waals surface area contributed by atoms with E-state index in [-0.39, 0.29) is 11.4 Å². The van der Waals surface area contributed by atoms with Crippen LogP contribution in [0.25, 0.3) is 11.6 Å². The number of carbonyl (C=O) groups excluding carboxylic acids is 1. The first-order chi connectivity index (χ1) is 19.0. The van der Waals surface area contributed by atoms with Crippen molar-refractivity contribution in [2.24, 2.45) is 0 Å². The molecule has 1 atom stereocenters. The standard InChI is InChI=1S/C36H40O3/c1-5-23-36(33-19-10-9-17-30(33)26-39-36)24-12-11-20-34(37)35(27(2)3)32-25-31(38-4)22-21-29(32)18-13-16-28-14-7-6-8-15-28/h6-11,13-15,17-22,25H,5,12,16,23-24,26H2,1-4H3/b18-13-,20-11-. The molecule has 0 bridgehead atoms. The molecule has 0 aromatic heterocycles. The van der Waals surface area contributed by atoms with Gasteiger partial charge in [-0.15, -0.1) is 0 Å². The first-order valence-corrected chi connectivity index (χ1v) is 14.0. The summed E-state index contributed by atoms with van der Waals surface area (Å²) >= 11 is 0. The Labute approximate surface area is 233 Å². The van der Waals surface area contributed by atoms with Gasteiger partial charge in [0.15, 0.2) is 5.78 Å². The first-order valence-electron chi connectivity index (χ1n) is 14.0. The van der Waals surface area contributed by atoms with Gasteiger partial charge in [0.2, 0.25) is 0 Å². The van der Waals surface area contributed by atoms with Crippen molar-refractivity contribution in [3.05, 3.63) is 124 Å². The summed E-state index contributed by atoms with van der Waals surface area (Å²) in [6.07, 6.45) is 12.5. The molecule has 0 amide bonds. The number of carbonyl (C=O) groups is 1. The first kappa shape index (κ1) is 28.3. The fraction of sp³-hybridized carbons (Fsp3) is 0.306. The highest BCUT2D eigenvalue weighted by atomic mass is 16.5. The Morgan fingerprint density at radius 3 is 2.49 bits per heavy atom. The highest BCUT2D eigenvalue weighted by Gasteiger charge is 2.38. The van der Waals surface area contributed by atoms with Crippen LogP contribution < -0.4 is 4.74 Å². The Hall–Kier alpha value is -3.69.